The van der Waals surface area contributed by atoms with E-state index in [1.165, 1.54) is 0 Å². The van der Waals surface area contributed by atoms with Crippen LogP contribution >= 0.6 is 0 Å². The molecule has 1 aliphatic heterocycles. The SMILES string of the molecule is CC(C)Oc1nc(N(C)CC2CCCO2)ccc1N. The molecule has 1 fully saturated rings. The van der Waals surface area contributed by atoms with Crippen molar-refractivity contribution in [3.05, 3.63) is 12.1 Å². The normalized spacial score (nSPS) is 18.8. The van der Waals surface area contributed by atoms with Crippen molar-refractivity contribution in [3.8, 4) is 5.88 Å². The van der Waals surface area contributed by atoms with Gasteiger partial charge in [-0.25, -0.2) is 0 Å². The molecular weight excluding hydrogens is 242 g/mol. The van der Waals surface area contributed by atoms with Gasteiger partial charge in [0.1, 0.15) is 5.82 Å². The number of hydrogen-bond acceptors (Lipinski definition) is 5. The molecule has 0 bridgehead atoms. The number of pyridine rings is 1. The molecule has 5 heteroatoms. The van der Waals surface area contributed by atoms with E-state index < -0.39 is 0 Å². The number of anilines is 2. The van der Waals surface area contributed by atoms with Crippen molar-refractivity contribution < 1.29 is 9.47 Å². The smallest absolute Gasteiger partial charge is 0.239 e. The Bertz CT molecular complexity index is 417. The van der Waals surface area contributed by atoms with Crippen LogP contribution in [0.3, 0.4) is 0 Å². The van der Waals surface area contributed by atoms with Crippen LogP contribution in [0.2, 0.25) is 0 Å². The van der Waals surface area contributed by atoms with E-state index in [0.29, 0.717) is 17.7 Å². The molecule has 1 aromatic rings. The van der Waals surface area contributed by atoms with Gasteiger partial charge in [0.25, 0.3) is 0 Å². The first kappa shape index (κ1) is 13.9. The second-order valence-electron chi connectivity index (χ2n) is 5.25. The minimum absolute atomic E-state index is 0.0634. The molecule has 0 saturated carbocycles. The number of hydrogen-bond donors (Lipinski definition) is 1. The Morgan fingerprint density at radius 1 is 1.53 bits per heavy atom. The van der Waals surface area contributed by atoms with Gasteiger partial charge < -0.3 is 20.1 Å². The van der Waals surface area contributed by atoms with E-state index in [2.05, 4.69) is 9.88 Å². The summed E-state index contributed by atoms with van der Waals surface area (Å²) in [6.45, 7) is 5.64. The zero-order chi connectivity index (χ0) is 13.8. The van der Waals surface area contributed by atoms with Crippen LogP contribution in [0.4, 0.5) is 11.5 Å². The first-order valence-electron chi connectivity index (χ1n) is 6.82. The van der Waals surface area contributed by atoms with Crippen LogP contribution < -0.4 is 15.4 Å². The highest BCUT2D eigenvalue weighted by Gasteiger charge is 2.18. The van der Waals surface area contributed by atoms with Crippen molar-refractivity contribution in [2.24, 2.45) is 0 Å². The molecule has 0 aliphatic carbocycles. The van der Waals surface area contributed by atoms with E-state index in [9.17, 15) is 0 Å². The third-order valence-electron chi connectivity index (χ3n) is 3.11. The molecule has 5 nitrogen and oxygen atoms in total. The van der Waals surface area contributed by atoms with Gasteiger partial charge in [0.05, 0.1) is 17.9 Å². The number of likely N-dealkylation sites (N-methyl/N-ethyl adjacent to an activating group) is 1. The van der Waals surface area contributed by atoms with Crippen molar-refractivity contribution in [2.75, 3.05) is 30.8 Å². The average Bonchev–Trinajstić information content (AvgIpc) is 2.84. The molecule has 19 heavy (non-hydrogen) atoms. The van der Waals surface area contributed by atoms with Crippen LogP contribution in [0.15, 0.2) is 12.1 Å². The van der Waals surface area contributed by atoms with E-state index in [1.54, 1.807) is 0 Å². The highest BCUT2D eigenvalue weighted by molar-refractivity contribution is 5.54. The van der Waals surface area contributed by atoms with Gasteiger partial charge in [0, 0.05) is 20.2 Å². The first-order chi connectivity index (χ1) is 9.06. The summed E-state index contributed by atoms with van der Waals surface area (Å²) in [7, 11) is 2.01. The molecule has 1 unspecified atom stereocenters. The molecule has 2 rings (SSSR count). The van der Waals surface area contributed by atoms with Gasteiger partial charge in [-0.05, 0) is 38.8 Å². The number of rotatable bonds is 5. The van der Waals surface area contributed by atoms with Crippen LogP contribution in [0.25, 0.3) is 0 Å². The molecule has 2 heterocycles. The lowest BCUT2D eigenvalue weighted by Gasteiger charge is -2.22. The van der Waals surface area contributed by atoms with Gasteiger partial charge in [-0.15, -0.1) is 0 Å². The highest BCUT2D eigenvalue weighted by Crippen LogP contribution is 2.24. The number of nitrogens with zero attached hydrogens (tertiary/aromatic N) is 2. The second kappa shape index (κ2) is 6.10. The predicted molar refractivity (Wildman–Crippen MR) is 76.7 cm³/mol. The van der Waals surface area contributed by atoms with Gasteiger partial charge in [-0.2, -0.15) is 4.98 Å². The Balaban J connectivity index is 2.06. The van der Waals surface area contributed by atoms with E-state index in [-0.39, 0.29) is 6.10 Å². The quantitative estimate of drug-likeness (QED) is 0.883. The summed E-state index contributed by atoms with van der Waals surface area (Å²) in [5, 5.41) is 0. The second-order valence-corrected chi connectivity index (χ2v) is 5.25. The zero-order valence-corrected chi connectivity index (χ0v) is 11.9. The molecule has 0 aromatic carbocycles. The van der Waals surface area contributed by atoms with Gasteiger partial charge in [-0.1, -0.05) is 0 Å². The van der Waals surface area contributed by atoms with E-state index in [4.69, 9.17) is 15.2 Å². The third kappa shape index (κ3) is 3.73. The summed E-state index contributed by atoms with van der Waals surface area (Å²) < 4.78 is 11.2. The fourth-order valence-corrected chi connectivity index (χ4v) is 2.16. The van der Waals surface area contributed by atoms with Gasteiger partial charge in [-0.3, -0.25) is 0 Å². The number of nitrogen functional groups attached to an aromatic ring is 1. The van der Waals surface area contributed by atoms with Gasteiger partial charge >= 0.3 is 0 Å². The molecule has 1 aromatic heterocycles. The highest BCUT2D eigenvalue weighted by atomic mass is 16.5. The summed E-state index contributed by atoms with van der Waals surface area (Å²) in [4.78, 5) is 6.56. The minimum atomic E-state index is 0.0634. The number of nitrogens with two attached hydrogens (primary N) is 1. The maximum absolute atomic E-state index is 5.87. The minimum Gasteiger partial charge on any atom is -0.473 e. The Morgan fingerprint density at radius 2 is 2.32 bits per heavy atom. The Labute approximate surface area is 114 Å². The van der Waals surface area contributed by atoms with Crippen LogP contribution in [0.1, 0.15) is 26.7 Å². The molecule has 106 valence electrons. The van der Waals surface area contributed by atoms with Crippen LogP contribution in [0, 0.1) is 0 Å². The fraction of sp³-hybridized carbons (Fsp3) is 0.643. The van der Waals surface area contributed by atoms with Crippen molar-refractivity contribution in [1.29, 1.82) is 0 Å². The third-order valence-corrected chi connectivity index (χ3v) is 3.11. The summed E-state index contributed by atoms with van der Waals surface area (Å²) in [5.74, 6) is 1.37. The fourth-order valence-electron chi connectivity index (χ4n) is 2.16. The number of aromatic nitrogens is 1. The van der Waals surface area contributed by atoms with Gasteiger partial charge in [0.15, 0.2) is 0 Å². The molecule has 1 saturated heterocycles. The van der Waals surface area contributed by atoms with Crippen molar-refractivity contribution in [1.82, 2.24) is 4.98 Å². The lowest BCUT2D eigenvalue weighted by molar-refractivity contribution is 0.116. The van der Waals surface area contributed by atoms with Crippen LogP contribution in [-0.4, -0.2) is 37.4 Å². The maximum atomic E-state index is 5.87. The topological polar surface area (TPSA) is 60.6 Å². The largest absolute Gasteiger partial charge is 0.473 e. The standard InChI is InChI=1S/C14H23N3O2/c1-10(2)19-14-12(15)6-7-13(16-14)17(3)9-11-5-4-8-18-11/h6-7,10-11H,4-5,8-9,15H2,1-3H3. The van der Waals surface area contributed by atoms with Crippen LogP contribution in [-0.2, 0) is 4.74 Å². The lowest BCUT2D eigenvalue weighted by Crippen LogP contribution is -2.29. The number of ether oxygens (including phenoxy) is 2. The van der Waals surface area contributed by atoms with Crippen molar-refractivity contribution in [3.63, 3.8) is 0 Å². The molecule has 0 spiro atoms. The Hall–Kier alpha value is -1.49. The summed E-state index contributed by atoms with van der Waals surface area (Å²) in [6, 6.07) is 3.75. The summed E-state index contributed by atoms with van der Waals surface area (Å²) in [5.41, 5.74) is 6.44. The molecule has 1 atom stereocenters. The van der Waals surface area contributed by atoms with Crippen molar-refractivity contribution in [2.45, 2.75) is 38.9 Å². The Kier molecular flexibility index (Phi) is 4.47. The Morgan fingerprint density at radius 3 is 2.95 bits per heavy atom. The average molecular weight is 265 g/mol. The van der Waals surface area contributed by atoms with Gasteiger partial charge in [0.2, 0.25) is 5.88 Å². The molecule has 0 amide bonds. The monoisotopic (exact) mass is 265 g/mol. The molecule has 2 N–H and O–H groups in total. The molecular formula is C14H23N3O2. The van der Waals surface area contributed by atoms with E-state index in [1.807, 2.05) is 33.0 Å². The van der Waals surface area contributed by atoms with E-state index >= 15 is 0 Å². The summed E-state index contributed by atoms with van der Waals surface area (Å²) >= 11 is 0. The van der Waals surface area contributed by atoms with E-state index in [0.717, 1.165) is 31.8 Å². The van der Waals surface area contributed by atoms with Crippen LogP contribution in [0.5, 0.6) is 5.88 Å². The molecule has 1 aliphatic rings. The maximum Gasteiger partial charge on any atom is 0.239 e. The lowest BCUT2D eigenvalue weighted by atomic mass is 10.2. The summed E-state index contributed by atoms with van der Waals surface area (Å²) in [6.07, 6.45) is 2.64. The predicted octanol–water partition coefficient (Wildman–Crippen LogP) is 2.07. The molecule has 0 radical (unpaired) electrons. The van der Waals surface area contributed by atoms with Crippen molar-refractivity contribution >= 4 is 11.5 Å². The zero-order valence-electron chi connectivity index (χ0n) is 11.9. The first-order valence-corrected chi connectivity index (χ1v) is 6.82.